The Labute approximate surface area is 168 Å². The average molecular weight is 395 g/mol. The summed E-state index contributed by atoms with van der Waals surface area (Å²) in [7, 11) is 0. The fourth-order valence-corrected chi connectivity index (χ4v) is 3.28. The van der Waals surface area contributed by atoms with Gasteiger partial charge in [0.25, 0.3) is 0 Å². The highest BCUT2D eigenvalue weighted by atomic mass is 32.1. The smallest absolute Gasteiger partial charge is 0.309 e. The zero-order valence-corrected chi connectivity index (χ0v) is 16.6. The maximum atomic E-state index is 11.9. The first kappa shape index (κ1) is 19.8. The number of aryl methyl sites for hydroxylation is 1. The van der Waals surface area contributed by atoms with Gasteiger partial charge in [0.2, 0.25) is 0 Å². The number of Topliss-reactive ketones (excluding diaryl/α,β-unsaturated/α-hetero) is 1. The van der Waals surface area contributed by atoms with Gasteiger partial charge in [-0.1, -0.05) is 29.8 Å². The number of carbonyl (C=O) groups is 2. The number of ketones is 1. The Morgan fingerprint density at radius 1 is 1.04 bits per heavy atom. The minimum Gasteiger partial charge on any atom is -0.493 e. The van der Waals surface area contributed by atoms with Crippen molar-refractivity contribution in [1.82, 2.24) is 4.98 Å². The molecule has 0 aliphatic heterocycles. The van der Waals surface area contributed by atoms with Crippen molar-refractivity contribution >= 4 is 23.1 Å². The Morgan fingerprint density at radius 3 is 2.43 bits per heavy atom. The van der Waals surface area contributed by atoms with Crippen molar-refractivity contribution in [2.75, 3.05) is 6.61 Å². The number of thiazole rings is 1. The van der Waals surface area contributed by atoms with Gasteiger partial charge in [0.15, 0.2) is 5.78 Å². The summed E-state index contributed by atoms with van der Waals surface area (Å²) in [6.45, 7) is 3.91. The molecule has 5 nitrogen and oxygen atoms in total. The molecule has 144 valence electrons. The first-order chi connectivity index (χ1) is 13.5. The van der Waals surface area contributed by atoms with Crippen molar-refractivity contribution in [2.24, 2.45) is 0 Å². The molecule has 3 aromatic rings. The van der Waals surface area contributed by atoms with Gasteiger partial charge in [0, 0.05) is 16.5 Å². The number of ether oxygens (including phenoxy) is 2. The van der Waals surface area contributed by atoms with Gasteiger partial charge >= 0.3 is 5.97 Å². The van der Waals surface area contributed by atoms with Crippen LogP contribution < -0.4 is 4.74 Å². The highest BCUT2D eigenvalue weighted by Crippen LogP contribution is 2.24. The Morgan fingerprint density at radius 2 is 1.75 bits per heavy atom. The number of aromatic nitrogens is 1. The van der Waals surface area contributed by atoms with E-state index in [1.54, 1.807) is 24.3 Å². The molecule has 0 bridgehead atoms. The van der Waals surface area contributed by atoms with Gasteiger partial charge in [-0.15, -0.1) is 11.3 Å². The van der Waals surface area contributed by atoms with Crippen LogP contribution in [0.4, 0.5) is 0 Å². The molecule has 0 N–H and O–H groups in total. The lowest BCUT2D eigenvalue weighted by atomic mass is 10.1. The molecule has 1 aromatic heterocycles. The van der Waals surface area contributed by atoms with E-state index in [4.69, 9.17) is 9.47 Å². The van der Waals surface area contributed by atoms with Gasteiger partial charge in [0.1, 0.15) is 17.4 Å². The number of nitrogens with zero attached hydrogens (tertiary/aromatic N) is 1. The standard InChI is InChI=1S/C22H21NO4S/c1-15-3-5-18(6-4-15)22-23-19(14-28-22)13-27-21(25)11-12-26-20-9-7-17(8-10-20)16(2)24/h3-10,14H,11-13H2,1-2H3. The highest BCUT2D eigenvalue weighted by Gasteiger charge is 2.09. The van der Waals surface area contributed by atoms with Gasteiger partial charge in [-0.2, -0.15) is 0 Å². The van der Waals surface area contributed by atoms with E-state index in [1.165, 1.54) is 23.8 Å². The summed E-state index contributed by atoms with van der Waals surface area (Å²) >= 11 is 1.53. The Balaban J connectivity index is 1.42. The van der Waals surface area contributed by atoms with E-state index >= 15 is 0 Å². The van der Waals surface area contributed by atoms with E-state index in [1.807, 2.05) is 36.6 Å². The topological polar surface area (TPSA) is 65.5 Å². The molecule has 1 heterocycles. The maximum Gasteiger partial charge on any atom is 0.309 e. The lowest BCUT2D eigenvalue weighted by Crippen LogP contribution is -2.10. The van der Waals surface area contributed by atoms with Crippen LogP contribution in [0.15, 0.2) is 53.9 Å². The maximum absolute atomic E-state index is 11.9. The van der Waals surface area contributed by atoms with Gasteiger partial charge in [-0.3, -0.25) is 9.59 Å². The number of rotatable bonds is 8. The van der Waals surface area contributed by atoms with Gasteiger partial charge in [-0.05, 0) is 38.1 Å². The van der Waals surface area contributed by atoms with E-state index in [0.29, 0.717) is 11.3 Å². The van der Waals surface area contributed by atoms with Gasteiger partial charge < -0.3 is 9.47 Å². The second kappa shape index (κ2) is 9.28. The molecule has 3 rings (SSSR count). The normalized spacial score (nSPS) is 10.5. The van der Waals surface area contributed by atoms with Crippen LogP contribution in [0.25, 0.3) is 10.6 Å². The van der Waals surface area contributed by atoms with Crippen LogP contribution in [-0.4, -0.2) is 23.3 Å². The van der Waals surface area contributed by atoms with E-state index in [9.17, 15) is 9.59 Å². The first-order valence-electron chi connectivity index (χ1n) is 8.92. The van der Waals surface area contributed by atoms with Crippen molar-refractivity contribution in [3.05, 3.63) is 70.7 Å². The van der Waals surface area contributed by atoms with Gasteiger partial charge in [0.05, 0.1) is 18.7 Å². The summed E-state index contributed by atoms with van der Waals surface area (Å²) in [5, 5.41) is 2.80. The van der Waals surface area contributed by atoms with Crippen LogP contribution >= 0.6 is 11.3 Å². The molecule has 0 saturated carbocycles. The van der Waals surface area contributed by atoms with Crippen molar-refractivity contribution < 1.29 is 19.1 Å². The third kappa shape index (κ3) is 5.50. The summed E-state index contributed by atoms with van der Waals surface area (Å²) in [6.07, 6.45) is 0.142. The molecule has 0 saturated heterocycles. The fraction of sp³-hybridized carbons (Fsp3) is 0.227. The number of esters is 1. The van der Waals surface area contributed by atoms with Crippen LogP contribution in [0.1, 0.15) is 35.0 Å². The summed E-state index contributed by atoms with van der Waals surface area (Å²) < 4.78 is 10.8. The van der Waals surface area contributed by atoms with E-state index in [0.717, 1.165) is 16.3 Å². The molecule has 0 spiro atoms. The molecule has 0 radical (unpaired) electrons. The molecule has 0 atom stereocenters. The Kier molecular flexibility index (Phi) is 6.55. The summed E-state index contributed by atoms with van der Waals surface area (Å²) in [5.41, 5.74) is 3.61. The van der Waals surface area contributed by atoms with Crippen LogP contribution in [0.2, 0.25) is 0 Å². The molecular weight excluding hydrogens is 374 g/mol. The molecule has 2 aromatic carbocycles. The molecule has 0 amide bonds. The molecule has 0 fully saturated rings. The predicted molar refractivity (Wildman–Crippen MR) is 109 cm³/mol. The predicted octanol–water partition coefficient (Wildman–Crippen LogP) is 4.83. The molecule has 0 aliphatic carbocycles. The Bertz CT molecular complexity index is 945. The van der Waals surface area contributed by atoms with Crippen molar-refractivity contribution in [3.63, 3.8) is 0 Å². The summed E-state index contributed by atoms with van der Waals surface area (Å²) in [5.74, 6) is 0.271. The largest absolute Gasteiger partial charge is 0.493 e. The van der Waals surface area contributed by atoms with E-state index < -0.39 is 0 Å². The minimum absolute atomic E-state index is 0.00250. The first-order valence-corrected chi connectivity index (χ1v) is 9.80. The number of hydrogen-bond donors (Lipinski definition) is 0. The molecule has 28 heavy (non-hydrogen) atoms. The Hall–Kier alpha value is -2.99. The van der Waals surface area contributed by atoms with Crippen LogP contribution in [0.3, 0.4) is 0 Å². The molecule has 0 unspecified atom stereocenters. The fourth-order valence-electron chi connectivity index (χ4n) is 2.47. The van der Waals surface area contributed by atoms with Crippen molar-refractivity contribution in [1.29, 1.82) is 0 Å². The highest BCUT2D eigenvalue weighted by molar-refractivity contribution is 7.13. The van der Waals surface area contributed by atoms with Crippen LogP contribution in [0.5, 0.6) is 5.75 Å². The number of carbonyl (C=O) groups excluding carboxylic acids is 2. The molecular formula is C22H21NO4S. The van der Waals surface area contributed by atoms with E-state index in [-0.39, 0.29) is 31.4 Å². The molecule has 6 heteroatoms. The quantitative estimate of drug-likeness (QED) is 0.404. The van der Waals surface area contributed by atoms with Gasteiger partial charge in [-0.25, -0.2) is 4.98 Å². The lowest BCUT2D eigenvalue weighted by molar-refractivity contribution is -0.145. The third-order valence-corrected chi connectivity index (χ3v) is 5.01. The average Bonchev–Trinajstić information content (AvgIpc) is 3.16. The monoisotopic (exact) mass is 395 g/mol. The second-order valence-corrected chi connectivity index (χ2v) is 7.21. The van der Waals surface area contributed by atoms with Crippen molar-refractivity contribution in [3.8, 4) is 16.3 Å². The second-order valence-electron chi connectivity index (χ2n) is 6.35. The number of hydrogen-bond acceptors (Lipinski definition) is 6. The summed E-state index contributed by atoms with van der Waals surface area (Å²) in [6, 6.07) is 15.0. The van der Waals surface area contributed by atoms with Crippen LogP contribution in [-0.2, 0) is 16.1 Å². The minimum atomic E-state index is -0.342. The third-order valence-electron chi connectivity index (χ3n) is 4.07. The SMILES string of the molecule is CC(=O)c1ccc(OCCC(=O)OCc2csc(-c3ccc(C)cc3)n2)cc1. The number of benzene rings is 2. The molecule has 0 aliphatic rings. The lowest BCUT2D eigenvalue weighted by Gasteiger charge is -2.06. The summed E-state index contributed by atoms with van der Waals surface area (Å²) in [4.78, 5) is 27.6. The van der Waals surface area contributed by atoms with Crippen LogP contribution in [0, 0.1) is 6.92 Å². The van der Waals surface area contributed by atoms with E-state index in [2.05, 4.69) is 4.98 Å². The zero-order chi connectivity index (χ0) is 19.9. The van der Waals surface area contributed by atoms with Crippen molar-refractivity contribution in [2.45, 2.75) is 26.9 Å². The zero-order valence-electron chi connectivity index (χ0n) is 15.8.